The van der Waals surface area contributed by atoms with Gasteiger partial charge in [0.1, 0.15) is 5.75 Å². The number of phenols is 1. The number of benzene rings is 1. The van der Waals surface area contributed by atoms with Crippen LogP contribution in [0.1, 0.15) is 51.6 Å². The van der Waals surface area contributed by atoms with Crippen molar-refractivity contribution in [1.82, 2.24) is 5.32 Å². The summed E-state index contributed by atoms with van der Waals surface area (Å²) in [6.07, 6.45) is 3.48. The summed E-state index contributed by atoms with van der Waals surface area (Å²) in [6.45, 7) is 6.62. The van der Waals surface area contributed by atoms with E-state index in [0.29, 0.717) is 17.8 Å². The fourth-order valence-corrected chi connectivity index (χ4v) is 2.02. The molecular formula is C14H23NO. The first-order valence-corrected chi connectivity index (χ1v) is 6.22. The Balaban J connectivity index is 2.63. The molecule has 0 aliphatic heterocycles. The van der Waals surface area contributed by atoms with Crippen LogP contribution >= 0.6 is 0 Å². The summed E-state index contributed by atoms with van der Waals surface area (Å²) in [7, 11) is 0. The number of phenolic OH excluding ortho intramolecular Hbond substituents is 1. The predicted octanol–water partition coefficient (Wildman–Crippen LogP) is 3.62. The molecule has 0 spiro atoms. The minimum Gasteiger partial charge on any atom is -0.508 e. The first-order valence-electron chi connectivity index (χ1n) is 6.22. The summed E-state index contributed by atoms with van der Waals surface area (Å²) >= 11 is 0. The number of hydrogen-bond acceptors (Lipinski definition) is 2. The summed E-state index contributed by atoms with van der Waals surface area (Å²) in [6, 6.07) is 8.43. The Bertz CT molecular complexity index is 294. The molecule has 0 aliphatic rings. The Morgan fingerprint density at radius 3 is 2.31 bits per heavy atom. The molecule has 2 atom stereocenters. The monoisotopic (exact) mass is 221 g/mol. The van der Waals surface area contributed by atoms with Crippen molar-refractivity contribution in [2.24, 2.45) is 0 Å². The minimum atomic E-state index is 0.334. The Hall–Kier alpha value is -1.02. The third-order valence-corrected chi connectivity index (χ3v) is 2.91. The third kappa shape index (κ3) is 3.86. The van der Waals surface area contributed by atoms with Crippen LogP contribution in [0, 0.1) is 0 Å². The molecule has 2 heteroatoms. The largest absolute Gasteiger partial charge is 0.508 e. The highest BCUT2D eigenvalue weighted by Crippen LogP contribution is 2.20. The number of hydrogen-bond donors (Lipinski definition) is 2. The molecule has 1 aromatic carbocycles. The molecule has 1 rings (SSSR count). The molecule has 0 heterocycles. The van der Waals surface area contributed by atoms with Gasteiger partial charge in [-0.05, 0) is 37.5 Å². The first kappa shape index (κ1) is 13.0. The molecule has 0 radical (unpaired) electrons. The molecule has 2 unspecified atom stereocenters. The molecule has 2 nitrogen and oxygen atoms in total. The fourth-order valence-electron chi connectivity index (χ4n) is 2.02. The summed E-state index contributed by atoms with van der Waals surface area (Å²) < 4.78 is 0. The van der Waals surface area contributed by atoms with E-state index in [1.807, 2.05) is 12.1 Å². The van der Waals surface area contributed by atoms with Gasteiger partial charge in [-0.1, -0.05) is 32.4 Å². The molecule has 0 aromatic heterocycles. The van der Waals surface area contributed by atoms with E-state index in [2.05, 4.69) is 26.1 Å². The lowest BCUT2D eigenvalue weighted by molar-refractivity contribution is 0.423. The zero-order valence-electron chi connectivity index (χ0n) is 10.5. The van der Waals surface area contributed by atoms with Crippen molar-refractivity contribution in [3.8, 4) is 5.75 Å². The number of rotatable bonds is 6. The second kappa shape index (κ2) is 6.54. The Morgan fingerprint density at radius 1 is 1.19 bits per heavy atom. The summed E-state index contributed by atoms with van der Waals surface area (Å²) in [5.41, 5.74) is 1.25. The van der Waals surface area contributed by atoms with Gasteiger partial charge >= 0.3 is 0 Å². The Kier molecular flexibility index (Phi) is 5.33. The molecule has 90 valence electrons. The van der Waals surface area contributed by atoms with Crippen LogP contribution in [0.2, 0.25) is 0 Å². The average molecular weight is 221 g/mol. The maximum absolute atomic E-state index is 9.26. The third-order valence-electron chi connectivity index (χ3n) is 2.91. The van der Waals surface area contributed by atoms with Gasteiger partial charge in [-0.3, -0.25) is 0 Å². The Morgan fingerprint density at radius 2 is 1.81 bits per heavy atom. The maximum Gasteiger partial charge on any atom is 0.115 e. The summed E-state index contributed by atoms with van der Waals surface area (Å²) in [4.78, 5) is 0. The molecule has 0 saturated heterocycles. The van der Waals surface area contributed by atoms with Crippen LogP contribution in [-0.2, 0) is 0 Å². The molecule has 0 bridgehead atoms. The highest BCUT2D eigenvalue weighted by molar-refractivity contribution is 5.28. The van der Waals surface area contributed by atoms with Crippen LogP contribution in [-0.4, -0.2) is 11.1 Å². The minimum absolute atomic E-state index is 0.334. The lowest BCUT2D eigenvalue weighted by atomic mass is 10.0. The SMILES string of the molecule is CCCC(C)NC(CC)c1ccc(O)cc1. The standard InChI is InChI=1S/C14H23NO/c1-4-6-11(3)15-14(5-2)12-7-9-13(16)10-8-12/h7-11,14-16H,4-6H2,1-3H3. The van der Waals surface area contributed by atoms with Gasteiger partial charge in [0.05, 0.1) is 0 Å². The van der Waals surface area contributed by atoms with Crippen molar-refractivity contribution < 1.29 is 5.11 Å². The van der Waals surface area contributed by atoms with Gasteiger partial charge in [0.2, 0.25) is 0 Å². The number of aromatic hydroxyl groups is 1. The van der Waals surface area contributed by atoms with Crippen LogP contribution in [0.3, 0.4) is 0 Å². The van der Waals surface area contributed by atoms with Crippen molar-refractivity contribution in [1.29, 1.82) is 0 Å². The lowest BCUT2D eigenvalue weighted by Gasteiger charge is -2.22. The molecule has 16 heavy (non-hydrogen) atoms. The summed E-state index contributed by atoms with van der Waals surface area (Å²) in [5, 5.41) is 12.9. The molecule has 0 amide bonds. The molecule has 0 saturated carbocycles. The van der Waals surface area contributed by atoms with Crippen molar-refractivity contribution in [3.63, 3.8) is 0 Å². The lowest BCUT2D eigenvalue weighted by Crippen LogP contribution is -2.30. The molecule has 0 aliphatic carbocycles. The first-order chi connectivity index (χ1) is 7.67. The second-order valence-electron chi connectivity index (χ2n) is 4.41. The van der Waals surface area contributed by atoms with Crippen molar-refractivity contribution in [3.05, 3.63) is 29.8 Å². The van der Waals surface area contributed by atoms with Crippen molar-refractivity contribution in [2.45, 2.75) is 52.1 Å². The van der Waals surface area contributed by atoms with Gasteiger partial charge in [0.15, 0.2) is 0 Å². The van der Waals surface area contributed by atoms with Gasteiger partial charge in [0.25, 0.3) is 0 Å². The predicted molar refractivity (Wildman–Crippen MR) is 68.6 cm³/mol. The van der Waals surface area contributed by atoms with Crippen LogP contribution in [0.15, 0.2) is 24.3 Å². The van der Waals surface area contributed by atoms with E-state index < -0.39 is 0 Å². The Labute approximate surface area is 98.7 Å². The van der Waals surface area contributed by atoms with Crippen LogP contribution in [0.5, 0.6) is 5.75 Å². The van der Waals surface area contributed by atoms with Crippen LogP contribution in [0.4, 0.5) is 0 Å². The average Bonchev–Trinajstić information content (AvgIpc) is 2.27. The number of nitrogens with one attached hydrogen (secondary N) is 1. The van der Waals surface area contributed by atoms with Crippen molar-refractivity contribution in [2.75, 3.05) is 0 Å². The van der Waals surface area contributed by atoms with Gasteiger partial charge < -0.3 is 10.4 Å². The topological polar surface area (TPSA) is 32.3 Å². The zero-order valence-corrected chi connectivity index (χ0v) is 10.5. The fraction of sp³-hybridized carbons (Fsp3) is 0.571. The van der Waals surface area contributed by atoms with Crippen LogP contribution in [0.25, 0.3) is 0 Å². The quantitative estimate of drug-likeness (QED) is 0.769. The summed E-state index contributed by atoms with van der Waals surface area (Å²) in [5.74, 6) is 0.334. The van der Waals surface area contributed by atoms with E-state index in [-0.39, 0.29) is 0 Å². The highest BCUT2D eigenvalue weighted by Gasteiger charge is 2.11. The van der Waals surface area contributed by atoms with E-state index >= 15 is 0 Å². The van der Waals surface area contributed by atoms with E-state index in [9.17, 15) is 5.11 Å². The van der Waals surface area contributed by atoms with E-state index in [4.69, 9.17) is 0 Å². The molecule has 1 aromatic rings. The normalized spacial score (nSPS) is 14.7. The highest BCUT2D eigenvalue weighted by atomic mass is 16.3. The smallest absolute Gasteiger partial charge is 0.115 e. The van der Waals surface area contributed by atoms with Gasteiger partial charge in [0, 0.05) is 12.1 Å². The van der Waals surface area contributed by atoms with Gasteiger partial charge in [-0.15, -0.1) is 0 Å². The molecule has 2 N–H and O–H groups in total. The van der Waals surface area contributed by atoms with Gasteiger partial charge in [-0.2, -0.15) is 0 Å². The molecular weight excluding hydrogens is 198 g/mol. The van der Waals surface area contributed by atoms with Gasteiger partial charge in [-0.25, -0.2) is 0 Å². The zero-order chi connectivity index (χ0) is 12.0. The maximum atomic E-state index is 9.26. The van der Waals surface area contributed by atoms with Crippen LogP contribution < -0.4 is 5.32 Å². The van der Waals surface area contributed by atoms with E-state index in [0.717, 1.165) is 6.42 Å². The van der Waals surface area contributed by atoms with E-state index in [1.165, 1.54) is 18.4 Å². The molecule has 0 fully saturated rings. The second-order valence-corrected chi connectivity index (χ2v) is 4.41. The van der Waals surface area contributed by atoms with Crippen molar-refractivity contribution >= 4 is 0 Å². The van der Waals surface area contributed by atoms with E-state index in [1.54, 1.807) is 12.1 Å².